The Morgan fingerprint density at radius 2 is 1.88 bits per heavy atom. The topological polar surface area (TPSA) is 55.8 Å². The van der Waals surface area contributed by atoms with E-state index in [0.717, 1.165) is 36.2 Å². The average molecular weight is 337 g/mol. The van der Waals surface area contributed by atoms with Crippen LogP contribution in [0.25, 0.3) is 0 Å². The second kappa shape index (κ2) is 6.59. The summed E-state index contributed by atoms with van der Waals surface area (Å²) < 4.78 is 11.5. The van der Waals surface area contributed by atoms with Gasteiger partial charge in [-0.25, -0.2) is 0 Å². The Bertz CT molecular complexity index is 800. The number of likely N-dealkylation sites (tertiary alicyclic amines) is 1. The average Bonchev–Trinajstić information content (AvgIpc) is 3.16. The minimum absolute atomic E-state index is 0.0186. The highest BCUT2D eigenvalue weighted by atomic mass is 16.6. The lowest BCUT2D eigenvalue weighted by Gasteiger charge is -2.29. The lowest BCUT2D eigenvalue weighted by Crippen LogP contribution is -2.31. The monoisotopic (exact) mass is 337 g/mol. The number of fused-ring (bicyclic) bond motifs is 1. The highest BCUT2D eigenvalue weighted by Gasteiger charge is 2.33. The van der Waals surface area contributed by atoms with Crippen molar-refractivity contribution in [3.05, 3.63) is 59.2 Å². The van der Waals surface area contributed by atoms with E-state index >= 15 is 0 Å². The normalized spacial score (nSPS) is 18.9. The van der Waals surface area contributed by atoms with Crippen LogP contribution in [0.15, 0.2) is 42.5 Å². The molecule has 0 saturated carbocycles. The van der Waals surface area contributed by atoms with Crippen LogP contribution in [0.2, 0.25) is 0 Å². The van der Waals surface area contributed by atoms with Crippen molar-refractivity contribution in [3.63, 3.8) is 0 Å². The lowest BCUT2D eigenvalue weighted by atomic mass is 10.0. The van der Waals surface area contributed by atoms with E-state index in [0.29, 0.717) is 30.9 Å². The van der Waals surface area contributed by atoms with Crippen LogP contribution in [-0.4, -0.2) is 36.9 Å². The van der Waals surface area contributed by atoms with Crippen molar-refractivity contribution >= 4 is 12.2 Å². The van der Waals surface area contributed by atoms with Gasteiger partial charge in [0.2, 0.25) is 0 Å². The predicted octanol–water partition coefficient (Wildman–Crippen LogP) is 3.25. The van der Waals surface area contributed by atoms with Crippen molar-refractivity contribution in [2.24, 2.45) is 0 Å². The third-order valence-corrected chi connectivity index (χ3v) is 4.76. The van der Waals surface area contributed by atoms with Gasteiger partial charge in [-0.2, -0.15) is 0 Å². The van der Waals surface area contributed by atoms with Gasteiger partial charge in [-0.3, -0.25) is 9.59 Å². The Morgan fingerprint density at radius 1 is 1.08 bits per heavy atom. The molecule has 0 aromatic heterocycles. The molecule has 1 saturated heterocycles. The second-order valence-electron chi connectivity index (χ2n) is 6.27. The van der Waals surface area contributed by atoms with Crippen molar-refractivity contribution in [1.82, 2.24) is 4.90 Å². The minimum Gasteiger partial charge on any atom is -0.486 e. The molecule has 1 atom stereocenters. The number of amides is 1. The molecule has 2 aliphatic rings. The van der Waals surface area contributed by atoms with E-state index in [-0.39, 0.29) is 11.9 Å². The molecule has 2 aromatic rings. The molecule has 2 aromatic carbocycles. The third-order valence-electron chi connectivity index (χ3n) is 4.76. The minimum atomic E-state index is -0.0192. The van der Waals surface area contributed by atoms with Crippen molar-refractivity contribution in [3.8, 4) is 11.5 Å². The molecule has 25 heavy (non-hydrogen) atoms. The van der Waals surface area contributed by atoms with Gasteiger partial charge in [0.05, 0.1) is 6.04 Å². The molecule has 0 aliphatic carbocycles. The van der Waals surface area contributed by atoms with Crippen LogP contribution in [0.4, 0.5) is 0 Å². The molecule has 2 heterocycles. The molecular formula is C20H19NO4. The maximum Gasteiger partial charge on any atom is 0.254 e. The second-order valence-corrected chi connectivity index (χ2v) is 6.27. The van der Waals surface area contributed by atoms with Gasteiger partial charge in [-0.1, -0.05) is 24.3 Å². The number of benzene rings is 2. The van der Waals surface area contributed by atoms with E-state index in [1.807, 2.05) is 23.1 Å². The van der Waals surface area contributed by atoms with Gasteiger partial charge in [0, 0.05) is 23.2 Å². The Balaban J connectivity index is 1.64. The lowest BCUT2D eigenvalue weighted by molar-refractivity contribution is 0.0730. The van der Waals surface area contributed by atoms with Gasteiger partial charge in [0.1, 0.15) is 19.5 Å². The van der Waals surface area contributed by atoms with E-state index < -0.39 is 0 Å². The number of rotatable bonds is 3. The van der Waals surface area contributed by atoms with E-state index in [9.17, 15) is 9.59 Å². The van der Waals surface area contributed by atoms with Crippen LogP contribution >= 0.6 is 0 Å². The highest BCUT2D eigenvalue weighted by Crippen LogP contribution is 2.43. The van der Waals surface area contributed by atoms with Crippen LogP contribution in [-0.2, 0) is 0 Å². The SMILES string of the molecule is O=Cc1ccc(C(=O)N2CCCC2c2cccc3c2OCCO3)cc1. The summed E-state index contributed by atoms with van der Waals surface area (Å²) in [6.07, 6.45) is 2.63. The number of ether oxygens (including phenoxy) is 2. The third kappa shape index (κ3) is 2.86. The fraction of sp³-hybridized carbons (Fsp3) is 0.300. The first kappa shape index (κ1) is 15.7. The molecule has 1 amide bonds. The Hall–Kier alpha value is -2.82. The van der Waals surface area contributed by atoms with Gasteiger partial charge in [0.25, 0.3) is 5.91 Å². The van der Waals surface area contributed by atoms with Crippen LogP contribution < -0.4 is 9.47 Å². The van der Waals surface area contributed by atoms with E-state index in [4.69, 9.17) is 9.47 Å². The zero-order valence-electron chi connectivity index (χ0n) is 13.8. The molecule has 1 unspecified atom stereocenters. The van der Waals surface area contributed by atoms with Crippen LogP contribution in [0, 0.1) is 0 Å². The Kier molecular flexibility index (Phi) is 4.14. The van der Waals surface area contributed by atoms with Crippen molar-refractivity contribution in [2.75, 3.05) is 19.8 Å². The van der Waals surface area contributed by atoms with Gasteiger partial charge in [-0.15, -0.1) is 0 Å². The first-order valence-corrected chi connectivity index (χ1v) is 8.52. The molecule has 0 bridgehead atoms. The summed E-state index contributed by atoms with van der Waals surface area (Å²) in [6.45, 7) is 1.79. The van der Waals surface area contributed by atoms with E-state index in [2.05, 4.69) is 0 Å². The van der Waals surface area contributed by atoms with Gasteiger partial charge in [0.15, 0.2) is 11.5 Å². The molecule has 5 heteroatoms. The molecule has 4 rings (SSSR count). The number of hydrogen-bond donors (Lipinski definition) is 0. The predicted molar refractivity (Wildman–Crippen MR) is 92.3 cm³/mol. The number of aldehydes is 1. The summed E-state index contributed by atoms with van der Waals surface area (Å²) in [7, 11) is 0. The number of carbonyl (C=O) groups excluding carboxylic acids is 2. The zero-order valence-corrected chi connectivity index (χ0v) is 13.8. The summed E-state index contributed by atoms with van der Waals surface area (Å²) in [4.78, 5) is 25.7. The first-order valence-electron chi connectivity index (χ1n) is 8.52. The number of carbonyl (C=O) groups is 2. The van der Waals surface area contributed by atoms with Gasteiger partial charge >= 0.3 is 0 Å². The Labute approximate surface area is 146 Å². The van der Waals surface area contributed by atoms with Crippen LogP contribution in [0.5, 0.6) is 11.5 Å². The molecule has 0 spiro atoms. The molecule has 0 N–H and O–H groups in total. The molecule has 5 nitrogen and oxygen atoms in total. The van der Waals surface area contributed by atoms with Crippen LogP contribution in [0.1, 0.15) is 45.2 Å². The van der Waals surface area contributed by atoms with Crippen molar-refractivity contribution < 1.29 is 19.1 Å². The fourth-order valence-corrected chi connectivity index (χ4v) is 3.56. The van der Waals surface area contributed by atoms with E-state index in [1.54, 1.807) is 24.3 Å². The highest BCUT2D eigenvalue weighted by molar-refractivity contribution is 5.95. The molecule has 0 radical (unpaired) electrons. The maximum atomic E-state index is 13.0. The van der Waals surface area contributed by atoms with Gasteiger partial charge in [-0.05, 0) is 31.0 Å². The maximum absolute atomic E-state index is 13.0. The molecule has 1 fully saturated rings. The number of nitrogens with zero attached hydrogens (tertiary/aromatic N) is 1. The summed E-state index contributed by atoms with van der Waals surface area (Å²) in [5.74, 6) is 1.49. The summed E-state index contributed by atoms with van der Waals surface area (Å²) >= 11 is 0. The Morgan fingerprint density at radius 3 is 2.68 bits per heavy atom. The quantitative estimate of drug-likeness (QED) is 0.807. The van der Waals surface area contributed by atoms with Crippen molar-refractivity contribution in [1.29, 1.82) is 0 Å². The van der Waals surface area contributed by atoms with Crippen LogP contribution in [0.3, 0.4) is 0 Å². The molecular weight excluding hydrogens is 318 g/mol. The largest absolute Gasteiger partial charge is 0.486 e. The zero-order chi connectivity index (χ0) is 17.2. The first-order chi connectivity index (χ1) is 12.3. The number of para-hydroxylation sites is 1. The summed E-state index contributed by atoms with van der Waals surface area (Å²) in [5, 5.41) is 0. The molecule has 2 aliphatic heterocycles. The standard InChI is InChI=1S/C20H19NO4/c22-13-14-6-8-15(9-7-14)20(23)21-10-2-4-17(21)16-3-1-5-18-19(16)25-12-11-24-18/h1,3,5-9,13,17H,2,4,10-12H2. The fourth-order valence-electron chi connectivity index (χ4n) is 3.56. The van der Waals surface area contributed by atoms with Gasteiger partial charge < -0.3 is 14.4 Å². The van der Waals surface area contributed by atoms with Crippen molar-refractivity contribution in [2.45, 2.75) is 18.9 Å². The molecule has 128 valence electrons. The van der Waals surface area contributed by atoms with E-state index in [1.165, 1.54) is 0 Å². The summed E-state index contributed by atoms with van der Waals surface area (Å²) in [5.41, 5.74) is 2.17. The summed E-state index contributed by atoms with van der Waals surface area (Å²) in [6, 6.07) is 12.6. The number of hydrogen-bond acceptors (Lipinski definition) is 4. The smallest absolute Gasteiger partial charge is 0.254 e.